The van der Waals surface area contributed by atoms with Crippen molar-refractivity contribution in [2.45, 2.75) is 84.6 Å². The normalized spacial score (nSPS) is 14.8. The molecule has 0 saturated heterocycles. The highest BCUT2D eigenvalue weighted by Gasteiger charge is 2.37. The van der Waals surface area contributed by atoms with Crippen LogP contribution in [0.1, 0.15) is 79.1 Å². The van der Waals surface area contributed by atoms with Crippen LogP contribution in [0.4, 0.5) is 30.2 Å². The third-order valence-electron chi connectivity index (χ3n) is 5.86. The summed E-state index contributed by atoms with van der Waals surface area (Å²) in [7, 11) is -3.20. The maximum atomic E-state index is 12.8. The molecule has 0 heterocycles. The molecule has 3 N–H and O–H groups in total. The van der Waals surface area contributed by atoms with Gasteiger partial charge in [0.1, 0.15) is 0 Å². The molecule has 1 aromatic carbocycles. The number of halogens is 3. The number of hydrogen-bond acceptors (Lipinski definition) is 3. The number of rotatable bonds is 15. The Balaban J connectivity index is 3.17. The molecule has 1 rings (SSSR count). The lowest BCUT2D eigenvalue weighted by atomic mass is 9.95. The molecule has 3 atom stereocenters. The molecule has 0 radical (unpaired) electrons. The highest BCUT2D eigenvalue weighted by Crippen LogP contribution is 2.31. The molecule has 0 aromatic heterocycles. The second-order valence-electron chi connectivity index (χ2n) is 8.33. The lowest BCUT2D eigenvalue weighted by molar-refractivity contribution is -0.0379. The van der Waals surface area contributed by atoms with Crippen LogP contribution in [0.25, 0.3) is 0 Å². The van der Waals surface area contributed by atoms with Crippen molar-refractivity contribution in [3.05, 3.63) is 18.2 Å². The third-order valence-corrected chi connectivity index (χ3v) is 6.68. The Labute approximate surface area is 188 Å². The predicted molar refractivity (Wildman–Crippen MR) is 127 cm³/mol. The van der Waals surface area contributed by atoms with Gasteiger partial charge in [-0.1, -0.05) is 66.2 Å². The lowest BCUT2D eigenvalue weighted by Gasteiger charge is -2.33. The van der Waals surface area contributed by atoms with Gasteiger partial charge in [-0.15, -0.1) is 0 Å². The van der Waals surface area contributed by atoms with Gasteiger partial charge in [0.25, 0.3) is 0 Å². The topological polar surface area (TPSA) is 58.4 Å². The van der Waals surface area contributed by atoms with E-state index in [4.69, 9.17) is 5.73 Å². The van der Waals surface area contributed by atoms with Crippen LogP contribution in [-0.4, -0.2) is 22.8 Å². The van der Waals surface area contributed by atoms with Crippen molar-refractivity contribution >= 4 is 28.0 Å². The summed E-state index contributed by atoms with van der Waals surface area (Å²) in [6, 6.07) is 5.06. The number of nitrogens with two attached hydrogens (primary N) is 1. The summed E-state index contributed by atoms with van der Waals surface area (Å²) < 4.78 is 52.0. The van der Waals surface area contributed by atoms with E-state index in [9.17, 15) is 17.4 Å². The Morgan fingerprint density at radius 2 is 1.52 bits per heavy atom. The van der Waals surface area contributed by atoms with E-state index in [0.29, 0.717) is 11.8 Å². The van der Waals surface area contributed by atoms with Crippen LogP contribution in [0.15, 0.2) is 18.2 Å². The Kier molecular flexibility index (Phi) is 12.3. The number of unbranched alkanes of at least 4 members (excludes halogenated alkanes) is 2. The first-order chi connectivity index (χ1) is 14.7. The number of benzene rings is 1. The van der Waals surface area contributed by atoms with Crippen LogP contribution >= 0.6 is 0 Å². The third kappa shape index (κ3) is 9.71. The number of nitrogens with one attached hydrogen (secondary N) is 1. The Morgan fingerprint density at radius 1 is 1.00 bits per heavy atom. The van der Waals surface area contributed by atoms with E-state index in [2.05, 4.69) is 32.6 Å². The van der Waals surface area contributed by atoms with Crippen LogP contribution in [0, 0.1) is 11.8 Å². The minimum atomic E-state index is -4.84. The molecule has 1 aromatic rings. The maximum Gasteiger partial charge on any atom is 0.490 e. The van der Waals surface area contributed by atoms with Crippen LogP contribution in [-0.2, 0) is 11.0 Å². The van der Waals surface area contributed by atoms with E-state index in [1.54, 1.807) is 12.1 Å². The van der Waals surface area contributed by atoms with E-state index in [-0.39, 0.29) is 11.4 Å². The molecule has 0 fully saturated rings. The van der Waals surface area contributed by atoms with Crippen molar-refractivity contribution in [2.75, 3.05) is 28.4 Å². The van der Waals surface area contributed by atoms with Crippen molar-refractivity contribution in [3.8, 4) is 0 Å². The second kappa shape index (κ2) is 13.9. The largest absolute Gasteiger partial charge is 0.490 e. The highest BCUT2D eigenvalue weighted by molar-refractivity contribution is 7.87. The predicted octanol–water partition coefficient (Wildman–Crippen LogP) is 7.10. The molecule has 0 spiro atoms. The number of alkyl halides is 3. The Hall–Kier alpha value is -1.44. The second-order valence-corrected chi connectivity index (χ2v) is 9.53. The molecule has 0 aliphatic heterocycles. The summed E-state index contributed by atoms with van der Waals surface area (Å²) in [6.07, 6.45) is 8.99. The van der Waals surface area contributed by atoms with Crippen LogP contribution in [0.2, 0.25) is 0 Å². The van der Waals surface area contributed by atoms with Gasteiger partial charge in [0, 0.05) is 18.8 Å². The van der Waals surface area contributed by atoms with Gasteiger partial charge in [-0.3, -0.25) is 4.72 Å². The summed E-state index contributed by atoms with van der Waals surface area (Å²) in [5, 5.41) is 0. The minimum Gasteiger partial charge on any atom is -0.397 e. The van der Waals surface area contributed by atoms with Crippen LogP contribution < -0.4 is 15.4 Å². The lowest BCUT2D eigenvalue weighted by Crippen LogP contribution is -2.34. The average molecular weight is 464 g/mol. The van der Waals surface area contributed by atoms with E-state index in [0.717, 1.165) is 57.3 Å². The zero-order valence-electron chi connectivity index (χ0n) is 19.4. The quantitative estimate of drug-likeness (QED) is 0.273. The molecule has 4 nitrogen and oxygen atoms in total. The molecule has 0 aliphatic carbocycles. The number of nitrogens with zero attached hydrogens (tertiary/aromatic N) is 1. The Bertz CT molecular complexity index is 652. The van der Waals surface area contributed by atoms with Crippen molar-refractivity contribution in [1.82, 2.24) is 0 Å². The van der Waals surface area contributed by atoms with Crippen LogP contribution in [0.5, 0.6) is 0 Å². The molecule has 0 saturated carbocycles. The molecule has 8 heteroatoms. The molecular formula is C23H40F3N3OS. The monoisotopic (exact) mass is 463 g/mol. The van der Waals surface area contributed by atoms with Crippen LogP contribution in [0.3, 0.4) is 0 Å². The molecule has 0 bridgehead atoms. The summed E-state index contributed by atoms with van der Waals surface area (Å²) in [5.74, 6) is 1.03. The van der Waals surface area contributed by atoms with Crippen molar-refractivity contribution in [2.24, 2.45) is 11.8 Å². The number of anilines is 3. The first-order valence-corrected chi connectivity index (χ1v) is 12.7. The van der Waals surface area contributed by atoms with E-state index < -0.39 is 16.5 Å². The van der Waals surface area contributed by atoms with Crippen molar-refractivity contribution in [3.63, 3.8) is 0 Å². The smallest absolute Gasteiger partial charge is 0.397 e. The molecule has 180 valence electrons. The number of hydrogen-bond donors (Lipinski definition) is 2. The fourth-order valence-corrected chi connectivity index (χ4v) is 4.22. The molecule has 3 unspecified atom stereocenters. The van der Waals surface area contributed by atoms with Gasteiger partial charge in [-0.25, -0.2) is 4.21 Å². The zero-order valence-corrected chi connectivity index (χ0v) is 20.2. The van der Waals surface area contributed by atoms with Gasteiger partial charge in [0.2, 0.25) is 11.0 Å². The molecule has 0 amide bonds. The van der Waals surface area contributed by atoms with E-state index in [1.807, 2.05) is 10.8 Å². The van der Waals surface area contributed by atoms with Gasteiger partial charge in [-0.2, -0.15) is 13.2 Å². The zero-order chi connectivity index (χ0) is 23.4. The van der Waals surface area contributed by atoms with Gasteiger partial charge >= 0.3 is 5.51 Å². The van der Waals surface area contributed by atoms with Gasteiger partial charge in [0.15, 0.2) is 0 Å². The average Bonchev–Trinajstić information content (AvgIpc) is 2.73. The van der Waals surface area contributed by atoms with Gasteiger partial charge in [-0.05, 0) is 42.9 Å². The van der Waals surface area contributed by atoms with Crippen molar-refractivity contribution in [1.29, 1.82) is 0 Å². The first kappa shape index (κ1) is 27.6. The van der Waals surface area contributed by atoms with Crippen molar-refractivity contribution < 1.29 is 17.4 Å². The minimum absolute atomic E-state index is 0.0568. The number of nitrogen functional groups attached to an aromatic ring is 1. The fourth-order valence-electron chi connectivity index (χ4n) is 3.73. The first-order valence-electron chi connectivity index (χ1n) is 11.6. The van der Waals surface area contributed by atoms with E-state index >= 15 is 0 Å². The van der Waals surface area contributed by atoms with Gasteiger partial charge < -0.3 is 10.6 Å². The summed E-state index contributed by atoms with van der Waals surface area (Å²) in [4.78, 5) is 2.29. The standard InChI is InChI=1S/C23H40F3N3OS/c1-5-9-11-18(7-3)16-29(17-19(8-4)12-10-6-2)20-13-14-21(27)22(15-20)28-31(30)23(24,25)26/h13-15,18-19,28H,5-12,16-17,27H2,1-4H3. The summed E-state index contributed by atoms with van der Waals surface area (Å²) in [5.41, 5.74) is 2.07. The maximum absolute atomic E-state index is 12.8. The summed E-state index contributed by atoms with van der Waals surface area (Å²) >= 11 is 0. The summed E-state index contributed by atoms with van der Waals surface area (Å²) in [6.45, 7) is 10.4. The fraction of sp³-hybridized carbons (Fsp3) is 0.739. The van der Waals surface area contributed by atoms with E-state index in [1.165, 1.54) is 12.8 Å². The van der Waals surface area contributed by atoms with Gasteiger partial charge in [0.05, 0.1) is 11.4 Å². The molecule has 0 aliphatic rings. The SMILES string of the molecule is CCCCC(CC)CN(CC(CC)CCCC)c1ccc(N)c(NS(=O)C(F)(F)F)c1. The molecule has 31 heavy (non-hydrogen) atoms. The highest BCUT2D eigenvalue weighted by atomic mass is 32.2. The molecular weight excluding hydrogens is 423 g/mol. The Morgan fingerprint density at radius 3 is 1.94 bits per heavy atom.